The van der Waals surface area contributed by atoms with Gasteiger partial charge in [-0.1, -0.05) is 60.4 Å². The van der Waals surface area contributed by atoms with Gasteiger partial charge in [0.25, 0.3) is 0 Å². The van der Waals surface area contributed by atoms with Gasteiger partial charge in [-0.15, -0.1) is 5.10 Å². The van der Waals surface area contributed by atoms with Gasteiger partial charge in [-0.25, -0.2) is 4.68 Å². The molecule has 2 aromatic rings. The maximum absolute atomic E-state index is 12.0. The van der Waals surface area contributed by atoms with Crippen LogP contribution < -0.4 is 5.32 Å². The molecular weight excluding hydrogens is 381 g/mol. The van der Waals surface area contributed by atoms with Crippen LogP contribution in [0.1, 0.15) is 13.8 Å². The zero-order valence-electron chi connectivity index (χ0n) is 12.4. The van der Waals surface area contributed by atoms with Crippen LogP contribution in [0.4, 0.5) is 5.69 Å². The summed E-state index contributed by atoms with van der Waals surface area (Å²) < 4.78 is 1.68. The fourth-order valence-electron chi connectivity index (χ4n) is 1.70. The van der Waals surface area contributed by atoms with Crippen molar-refractivity contribution in [1.82, 2.24) is 20.2 Å². The molecule has 124 valence electrons. The van der Waals surface area contributed by atoms with Crippen LogP contribution in [0.25, 0.3) is 0 Å². The molecule has 0 aliphatic rings. The second-order valence-electron chi connectivity index (χ2n) is 5.12. The molecule has 0 unspecified atom stereocenters. The summed E-state index contributed by atoms with van der Waals surface area (Å²) in [5, 5.41) is 15.7. The summed E-state index contributed by atoms with van der Waals surface area (Å²) in [5.41, 5.74) is 0.411. The fraction of sp³-hybridized carbons (Fsp3) is 0.385. The molecule has 1 amide bonds. The predicted molar refractivity (Wildman–Crippen MR) is 93.5 cm³/mol. The minimum atomic E-state index is -0.241. The van der Waals surface area contributed by atoms with Gasteiger partial charge < -0.3 is 5.32 Å². The van der Waals surface area contributed by atoms with Crippen molar-refractivity contribution < 1.29 is 4.79 Å². The first-order valence-corrected chi connectivity index (χ1v) is 8.82. The van der Waals surface area contributed by atoms with Gasteiger partial charge in [0.05, 0.1) is 26.5 Å². The summed E-state index contributed by atoms with van der Waals surface area (Å²) in [5.74, 6) is 0.311. The lowest BCUT2D eigenvalue weighted by atomic mass is 10.2. The molecule has 6 nitrogen and oxygen atoms in total. The normalized spacial score (nSPS) is 11.0. The van der Waals surface area contributed by atoms with Gasteiger partial charge >= 0.3 is 0 Å². The molecule has 0 aliphatic carbocycles. The molecule has 0 bridgehead atoms. The number of benzene rings is 1. The van der Waals surface area contributed by atoms with E-state index in [0.717, 1.165) is 0 Å². The highest BCUT2D eigenvalue weighted by molar-refractivity contribution is 7.99. The van der Waals surface area contributed by atoms with Crippen LogP contribution in [0.2, 0.25) is 15.1 Å². The zero-order valence-corrected chi connectivity index (χ0v) is 15.5. The average Bonchev–Trinajstić information content (AvgIpc) is 2.89. The highest BCUT2D eigenvalue weighted by atomic mass is 35.5. The summed E-state index contributed by atoms with van der Waals surface area (Å²) in [7, 11) is 0. The van der Waals surface area contributed by atoms with Gasteiger partial charge in [0, 0.05) is 6.54 Å². The number of rotatable bonds is 6. The zero-order chi connectivity index (χ0) is 17.0. The summed E-state index contributed by atoms with van der Waals surface area (Å²) >= 11 is 19.0. The average molecular weight is 395 g/mol. The highest BCUT2D eigenvalue weighted by Crippen LogP contribution is 2.32. The lowest BCUT2D eigenvalue weighted by Gasteiger charge is -2.09. The van der Waals surface area contributed by atoms with Crippen LogP contribution in [0.3, 0.4) is 0 Å². The van der Waals surface area contributed by atoms with Crippen LogP contribution in [0.15, 0.2) is 17.3 Å². The van der Waals surface area contributed by atoms with Crippen molar-refractivity contribution in [3.63, 3.8) is 0 Å². The number of halogens is 3. The van der Waals surface area contributed by atoms with Crippen molar-refractivity contribution in [3.8, 4) is 0 Å². The van der Waals surface area contributed by atoms with E-state index in [1.165, 1.54) is 23.9 Å². The molecule has 1 heterocycles. The monoisotopic (exact) mass is 393 g/mol. The smallest absolute Gasteiger partial charge is 0.234 e. The molecule has 23 heavy (non-hydrogen) atoms. The lowest BCUT2D eigenvalue weighted by Crippen LogP contribution is -2.15. The Hall–Kier alpha value is -1.02. The van der Waals surface area contributed by atoms with Crippen LogP contribution >= 0.6 is 46.6 Å². The van der Waals surface area contributed by atoms with E-state index in [0.29, 0.717) is 38.4 Å². The number of hydrogen-bond donors (Lipinski definition) is 1. The number of nitrogens with one attached hydrogen (secondary N) is 1. The number of carbonyl (C=O) groups excluding carboxylic acids is 1. The van der Waals surface area contributed by atoms with E-state index < -0.39 is 0 Å². The molecule has 0 radical (unpaired) electrons. The molecular formula is C13H14Cl3N5OS. The molecule has 0 atom stereocenters. The van der Waals surface area contributed by atoms with Gasteiger partial charge in [0.15, 0.2) is 0 Å². The number of hydrogen-bond acceptors (Lipinski definition) is 5. The third kappa shape index (κ3) is 5.24. The topological polar surface area (TPSA) is 72.7 Å². The molecule has 1 aromatic heterocycles. The first kappa shape index (κ1) is 18.3. The van der Waals surface area contributed by atoms with Crippen LogP contribution in [0.5, 0.6) is 0 Å². The number of amides is 1. The van der Waals surface area contributed by atoms with Gasteiger partial charge in [-0.2, -0.15) is 0 Å². The van der Waals surface area contributed by atoms with Crippen molar-refractivity contribution in [2.75, 3.05) is 11.1 Å². The quantitative estimate of drug-likeness (QED) is 0.592. The van der Waals surface area contributed by atoms with Gasteiger partial charge in [-0.05, 0) is 28.5 Å². The SMILES string of the molecule is CC(C)Cn1nnnc1SCC(=O)Nc1cc(Cl)c(Cl)cc1Cl. The first-order valence-electron chi connectivity index (χ1n) is 6.70. The number of carbonyl (C=O) groups is 1. The number of tetrazole rings is 1. The lowest BCUT2D eigenvalue weighted by molar-refractivity contribution is -0.113. The number of thioether (sulfide) groups is 1. The van der Waals surface area contributed by atoms with E-state index in [-0.39, 0.29) is 11.7 Å². The Balaban J connectivity index is 1.96. The summed E-state index contributed by atoms with van der Waals surface area (Å²) in [6.45, 7) is 4.82. The fourth-order valence-corrected chi connectivity index (χ4v) is 2.98. The van der Waals surface area contributed by atoms with Gasteiger partial charge in [0.2, 0.25) is 11.1 Å². The second kappa shape index (κ2) is 8.19. The van der Waals surface area contributed by atoms with Crippen molar-refractivity contribution >= 4 is 58.2 Å². The maximum atomic E-state index is 12.0. The van der Waals surface area contributed by atoms with E-state index in [2.05, 4.69) is 34.7 Å². The van der Waals surface area contributed by atoms with E-state index in [4.69, 9.17) is 34.8 Å². The molecule has 1 aromatic carbocycles. The third-order valence-electron chi connectivity index (χ3n) is 2.65. The van der Waals surface area contributed by atoms with Crippen LogP contribution in [0, 0.1) is 5.92 Å². The minimum absolute atomic E-state index is 0.148. The third-order valence-corrected chi connectivity index (χ3v) is 4.65. The largest absolute Gasteiger partial charge is 0.324 e. The van der Waals surface area contributed by atoms with Gasteiger partial charge in [-0.3, -0.25) is 4.79 Å². The number of nitrogens with zero attached hydrogens (tertiary/aromatic N) is 4. The second-order valence-corrected chi connectivity index (χ2v) is 7.28. The van der Waals surface area contributed by atoms with Crippen molar-refractivity contribution in [3.05, 3.63) is 27.2 Å². The summed E-state index contributed by atoms with van der Waals surface area (Å²) in [6, 6.07) is 3.00. The summed E-state index contributed by atoms with van der Waals surface area (Å²) in [6.07, 6.45) is 0. The molecule has 0 aliphatic heterocycles. The first-order chi connectivity index (χ1) is 10.9. The van der Waals surface area contributed by atoms with Crippen LogP contribution in [-0.4, -0.2) is 31.9 Å². The maximum Gasteiger partial charge on any atom is 0.234 e. The molecule has 10 heteroatoms. The molecule has 0 saturated heterocycles. The van der Waals surface area contributed by atoms with E-state index in [1.807, 2.05) is 0 Å². The molecule has 0 spiro atoms. The number of anilines is 1. The molecule has 0 saturated carbocycles. The van der Waals surface area contributed by atoms with Crippen molar-refractivity contribution in [2.24, 2.45) is 5.92 Å². The van der Waals surface area contributed by atoms with E-state index in [9.17, 15) is 4.79 Å². The van der Waals surface area contributed by atoms with Gasteiger partial charge in [0.1, 0.15) is 0 Å². The molecule has 2 rings (SSSR count). The standard InChI is InChI=1S/C13H14Cl3N5OS/c1-7(2)5-21-13(18-19-20-21)23-6-12(22)17-11-4-9(15)8(14)3-10(11)16/h3-4,7H,5-6H2,1-2H3,(H,17,22). The Labute approximate surface area is 152 Å². The highest BCUT2D eigenvalue weighted by Gasteiger charge is 2.13. The van der Waals surface area contributed by atoms with E-state index in [1.54, 1.807) is 4.68 Å². The number of aromatic nitrogens is 4. The molecule has 0 fully saturated rings. The van der Waals surface area contributed by atoms with Crippen molar-refractivity contribution in [1.29, 1.82) is 0 Å². The summed E-state index contributed by atoms with van der Waals surface area (Å²) in [4.78, 5) is 12.0. The molecule has 1 N–H and O–H groups in total. The Bertz CT molecular complexity index is 707. The van der Waals surface area contributed by atoms with Crippen molar-refractivity contribution in [2.45, 2.75) is 25.5 Å². The predicted octanol–water partition coefficient (Wildman–Crippen LogP) is 4.02. The Morgan fingerprint density at radius 1 is 1.26 bits per heavy atom. The Morgan fingerprint density at radius 2 is 1.96 bits per heavy atom. The minimum Gasteiger partial charge on any atom is -0.324 e. The van der Waals surface area contributed by atoms with Crippen LogP contribution in [-0.2, 0) is 11.3 Å². The van der Waals surface area contributed by atoms with E-state index >= 15 is 0 Å². The Kier molecular flexibility index (Phi) is 6.52. The Morgan fingerprint density at radius 3 is 2.65 bits per heavy atom.